The summed E-state index contributed by atoms with van der Waals surface area (Å²) < 4.78 is 17.5. The molecule has 2 rings (SSSR count). The molecular weight excluding hydrogens is 486 g/mol. The summed E-state index contributed by atoms with van der Waals surface area (Å²) in [4.78, 5) is 28.7. The Kier molecular flexibility index (Phi) is 12.6. The summed E-state index contributed by atoms with van der Waals surface area (Å²) in [6.07, 6.45) is 3.51. The fourth-order valence-electron chi connectivity index (χ4n) is 4.07. The Bertz CT molecular complexity index is 1090. The molecule has 0 radical (unpaired) electrons. The summed E-state index contributed by atoms with van der Waals surface area (Å²) in [5.41, 5.74) is 1.84. The first-order valence-electron chi connectivity index (χ1n) is 12.8. The van der Waals surface area contributed by atoms with Crippen LogP contribution >= 0.6 is 0 Å². The van der Waals surface area contributed by atoms with Crippen molar-refractivity contribution in [1.82, 2.24) is 4.90 Å². The number of nitrogens with zero attached hydrogens (tertiary/aromatic N) is 1. The van der Waals surface area contributed by atoms with Crippen molar-refractivity contribution in [3.05, 3.63) is 77.9 Å². The molecular formula is C30H39NO7. The first kappa shape index (κ1) is 30.6. The number of carbonyl (C=O) groups is 2. The second-order valence-electron chi connectivity index (χ2n) is 8.78. The Morgan fingerprint density at radius 1 is 0.947 bits per heavy atom. The minimum atomic E-state index is -0.340. The van der Waals surface area contributed by atoms with E-state index >= 15 is 0 Å². The van der Waals surface area contributed by atoms with Gasteiger partial charge in [-0.2, -0.15) is 0 Å². The molecule has 0 bridgehead atoms. The first-order chi connectivity index (χ1) is 18.3. The lowest BCUT2D eigenvalue weighted by atomic mass is 9.89. The van der Waals surface area contributed by atoms with Crippen LogP contribution in [0.3, 0.4) is 0 Å². The summed E-state index contributed by atoms with van der Waals surface area (Å²) in [6, 6.07) is 8.49. The third-order valence-electron chi connectivity index (χ3n) is 5.67. The molecule has 0 saturated heterocycles. The first-order valence-corrected chi connectivity index (χ1v) is 12.8. The van der Waals surface area contributed by atoms with Gasteiger partial charge in [-0.15, -0.1) is 0 Å². The second kappa shape index (κ2) is 15.6. The summed E-state index contributed by atoms with van der Waals surface area (Å²) in [5, 5.41) is 18.9. The van der Waals surface area contributed by atoms with Crippen molar-refractivity contribution < 1.29 is 34.0 Å². The molecule has 2 N–H and O–H groups in total. The molecule has 0 unspecified atom stereocenters. The summed E-state index contributed by atoms with van der Waals surface area (Å²) in [7, 11) is 0. The summed E-state index contributed by atoms with van der Waals surface area (Å²) >= 11 is 0. The van der Waals surface area contributed by atoms with E-state index in [1.807, 2.05) is 20.8 Å². The van der Waals surface area contributed by atoms with Gasteiger partial charge in [0.25, 0.3) is 0 Å². The predicted octanol–water partition coefficient (Wildman–Crippen LogP) is 3.75. The largest absolute Gasteiger partial charge is 0.491 e. The lowest BCUT2D eigenvalue weighted by molar-refractivity contribution is -0.131. The average molecular weight is 526 g/mol. The maximum Gasteiger partial charge on any atom is 0.227 e. The van der Waals surface area contributed by atoms with Gasteiger partial charge < -0.3 is 29.3 Å². The summed E-state index contributed by atoms with van der Waals surface area (Å²) in [5.74, 6) is 0.743. The number of rotatable bonds is 17. The normalized spacial score (nSPS) is 10.7. The maximum atomic E-state index is 14.0. The number of aliphatic hydroxyl groups is 2. The molecule has 38 heavy (non-hydrogen) atoms. The van der Waals surface area contributed by atoms with Gasteiger partial charge in [0.2, 0.25) is 5.91 Å². The van der Waals surface area contributed by atoms with E-state index in [0.717, 1.165) is 0 Å². The molecule has 0 aliphatic heterocycles. The van der Waals surface area contributed by atoms with E-state index in [-0.39, 0.29) is 75.0 Å². The van der Waals surface area contributed by atoms with Crippen LogP contribution in [0.15, 0.2) is 55.6 Å². The van der Waals surface area contributed by atoms with Crippen LogP contribution in [0.5, 0.6) is 17.2 Å². The van der Waals surface area contributed by atoms with E-state index in [4.69, 9.17) is 14.2 Å². The zero-order valence-corrected chi connectivity index (χ0v) is 22.6. The number of aliphatic hydroxyl groups excluding tert-OH is 2. The highest BCUT2D eigenvalue weighted by molar-refractivity contribution is 6.12. The lowest BCUT2D eigenvalue weighted by Crippen LogP contribution is -2.37. The van der Waals surface area contributed by atoms with Crippen LogP contribution in [0.1, 0.15) is 47.8 Å². The Morgan fingerprint density at radius 2 is 1.53 bits per heavy atom. The number of hydrogen-bond donors (Lipinski definition) is 2. The van der Waals surface area contributed by atoms with Gasteiger partial charge in [0.15, 0.2) is 5.78 Å². The van der Waals surface area contributed by atoms with Gasteiger partial charge in [0.1, 0.15) is 30.5 Å². The van der Waals surface area contributed by atoms with Crippen molar-refractivity contribution in [1.29, 1.82) is 0 Å². The number of hydrogen-bond acceptors (Lipinski definition) is 7. The van der Waals surface area contributed by atoms with E-state index in [1.54, 1.807) is 42.5 Å². The SMILES string of the molecule is C=CCOc1cc(OCC=C)c(C(=O)c2ccc(OC(C)C)cc2)c(CC(=O)N(CCO)CCO)c1CC. The van der Waals surface area contributed by atoms with Crippen LogP contribution in [0.4, 0.5) is 0 Å². The molecule has 0 aliphatic carbocycles. The molecule has 8 heteroatoms. The van der Waals surface area contributed by atoms with Gasteiger partial charge in [-0.3, -0.25) is 9.59 Å². The Morgan fingerprint density at radius 3 is 2.03 bits per heavy atom. The van der Waals surface area contributed by atoms with E-state index in [2.05, 4.69) is 13.2 Å². The molecule has 1 amide bonds. The third-order valence-corrected chi connectivity index (χ3v) is 5.67. The van der Waals surface area contributed by atoms with Crippen LogP contribution in [-0.2, 0) is 17.6 Å². The van der Waals surface area contributed by atoms with Gasteiger partial charge in [0.05, 0.1) is 31.3 Å². The van der Waals surface area contributed by atoms with Crippen molar-refractivity contribution in [2.45, 2.75) is 39.7 Å². The topological polar surface area (TPSA) is 106 Å². The molecule has 2 aromatic carbocycles. The monoisotopic (exact) mass is 525 g/mol. The highest BCUT2D eigenvalue weighted by atomic mass is 16.5. The Labute approximate surface area is 225 Å². The van der Waals surface area contributed by atoms with Crippen LogP contribution in [0.2, 0.25) is 0 Å². The molecule has 0 heterocycles. The smallest absolute Gasteiger partial charge is 0.227 e. The van der Waals surface area contributed by atoms with Crippen molar-refractivity contribution in [2.24, 2.45) is 0 Å². The Hall–Kier alpha value is -3.62. The Balaban J connectivity index is 2.72. The number of carbonyl (C=O) groups excluding carboxylic acids is 2. The third kappa shape index (κ3) is 8.19. The van der Waals surface area contributed by atoms with Crippen LogP contribution in [0.25, 0.3) is 0 Å². The maximum absolute atomic E-state index is 14.0. The summed E-state index contributed by atoms with van der Waals surface area (Å²) in [6.45, 7) is 13.2. The minimum absolute atomic E-state index is 0.0101. The molecule has 0 saturated carbocycles. The highest BCUT2D eigenvalue weighted by Crippen LogP contribution is 2.37. The molecule has 0 spiro atoms. The van der Waals surface area contributed by atoms with Crippen molar-refractivity contribution in [3.8, 4) is 17.2 Å². The van der Waals surface area contributed by atoms with Gasteiger partial charge in [-0.25, -0.2) is 0 Å². The molecule has 2 aromatic rings. The molecule has 0 aromatic heterocycles. The molecule has 8 nitrogen and oxygen atoms in total. The van der Waals surface area contributed by atoms with Crippen LogP contribution < -0.4 is 14.2 Å². The van der Waals surface area contributed by atoms with Gasteiger partial charge in [0, 0.05) is 24.7 Å². The fraction of sp³-hybridized carbons (Fsp3) is 0.400. The zero-order valence-electron chi connectivity index (χ0n) is 22.6. The lowest BCUT2D eigenvalue weighted by Gasteiger charge is -2.24. The van der Waals surface area contributed by atoms with E-state index in [9.17, 15) is 19.8 Å². The van der Waals surface area contributed by atoms with Gasteiger partial charge in [-0.1, -0.05) is 32.2 Å². The van der Waals surface area contributed by atoms with Crippen molar-refractivity contribution >= 4 is 11.7 Å². The average Bonchev–Trinajstić information content (AvgIpc) is 2.90. The highest BCUT2D eigenvalue weighted by Gasteiger charge is 2.28. The van der Waals surface area contributed by atoms with Crippen LogP contribution in [0, 0.1) is 0 Å². The van der Waals surface area contributed by atoms with Gasteiger partial charge in [-0.05, 0) is 55.7 Å². The zero-order chi connectivity index (χ0) is 28.1. The molecule has 0 aliphatic rings. The van der Waals surface area contributed by atoms with E-state index < -0.39 is 0 Å². The minimum Gasteiger partial charge on any atom is -0.491 e. The molecule has 0 atom stereocenters. The van der Waals surface area contributed by atoms with E-state index in [0.29, 0.717) is 34.6 Å². The predicted molar refractivity (Wildman–Crippen MR) is 147 cm³/mol. The standard InChI is InChI=1S/C30H39NO7/c1-6-17-36-26-20-27(37-18-7-2)29(30(35)22-9-11-23(12-10-22)38-21(4)5)25(24(26)8-3)19-28(34)31(13-15-32)14-16-33/h6-7,9-12,20-21,32-33H,1-2,8,13-19H2,3-5H3. The van der Waals surface area contributed by atoms with Crippen LogP contribution in [-0.4, -0.2) is 72.4 Å². The van der Waals surface area contributed by atoms with Crippen molar-refractivity contribution in [2.75, 3.05) is 39.5 Å². The number of ketones is 1. The fourth-order valence-corrected chi connectivity index (χ4v) is 4.07. The van der Waals surface area contributed by atoms with Gasteiger partial charge >= 0.3 is 0 Å². The van der Waals surface area contributed by atoms with Crippen molar-refractivity contribution in [3.63, 3.8) is 0 Å². The molecule has 206 valence electrons. The number of amides is 1. The number of benzene rings is 2. The molecule has 0 fully saturated rings. The van der Waals surface area contributed by atoms with E-state index in [1.165, 1.54) is 4.90 Å². The second-order valence-corrected chi connectivity index (χ2v) is 8.78. The quantitative estimate of drug-likeness (QED) is 0.239. The number of ether oxygens (including phenoxy) is 3.